The molecular weight excluding hydrogens is 1950 g/mol. The Morgan fingerprint density at radius 3 is 0.932 bits per heavy atom. The van der Waals surface area contributed by atoms with Crippen molar-refractivity contribution < 1.29 is 76.3 Å². The van der Waals surface area contributed by atoms with Crippen molar-refractivity contribution in [3.63, 3.8) is 0 Å². The number of halogens is 2. The number of aliphatic hydroxyl groups excluding tert-OH is 2. The Bertz CT molecular complexity index is 7080. The first-order valence-electron chi connectivity index (χ1n) is 51.7. The summed E-state index contributed by atoms with van der Waals surface area (Å²) in [6.07, 6.45) is 6.97. The lowest BCUT2D eigenvalue weighted by Gasteiger charge is -2.57. The van der Waals surface area contributed by atoms with E-state index < -0.39 is 51.7 Å². The van der Waals surface area contributed by atoms with E-state index in [2.05, 4.69) is 124 Å². The average molecular weight is 2090 g/mol. The molecule has 8 heterocycles. The third-order valence-corrected chi connectivity index (χ3v) is 39.9. The van der Waals surface area contributed by atoms with Crippen molar-refractivity contribution in [1.29, 1.82) is 0 Å². The van der Waals surface area contributed by atoms with Crippen molar-refractivity contribution in [1.82, 2.24) is 36.8 Å². The zero-order valence-electron chi connectivity index (χ0n) is 86.5. The number of hydrogen-bond donors (Lipinski definition) is 2. The van der Waals surface area contributed by atoms with Crippen LogP contribution in [0.25, 0.3) is 44.5 Å². The van der Waals surface area contributed by atoms with Gasteiger partial charge in [-0.15, -0.1) is 0 Å². The molecule has 0 radical (unpaired) electrons. The molecule has 12 aromatic rings. The maximum absolute atomic E-state index is 14.4. The molecule has 0 saturated carbocycles. The van der Waals surface area contributed by atoms with E-state index in [-0.39, 0.29) is 90.8 Å². The first-order valence-corrected chi connectivity index (χ1v) is 57.5. The molecule has 23 nitrogen and oxygen atoms in total. The summed E-state index contributed by atoms with van der Waals surface area (Å²) in [5, 5.41) is 20.6. The van der Waals surface area contributed by atoms with Crippen molar-refractivity contribution in [2.75, 3.05) is 141 Å². The second-order valence-corrected chi connectivity index (χ2v) is 48.0. The predicted octanol–water partition coefficient (Wildman–Crippen LogP) is 19.3. The van der Waals surface area contributed by atoms with Crippen LogP contribution in [-0.2, 0) is 49.6 Å². The van der Waals surface area contributed by atoms with E-state index in [1.54, 1.807) is 107 Å². The number of benzene rings is 12. The van der Waals surface area contributed by atoms with Gasteiger partial charge in [0, 0.05) is 155 Å². The number of sulfonamides is 4. The van der Waals surface area contributed by atoms with E-state index in [9.17, 15) is 52.7 Å². The molecule has 8 aliphatic heterocycles. The van der Waals surface area contributed by atoms with Crippen LogP contribution in [0.2, 0.25) is 0 Å². The number of para-hydroxylation sites is 1. The highest BCUT2D eigenvalue weighted by Gasteiger charge is 2.55. The molecule has 0 aromatic heterocycles. The standard InChI is InChI=1S/3C30H36N2O4S.C29H32F2N2O3S/c1-22-10-4-7-13-29(22)37(33,34)31-18-8-9-19-32-26(20-31)30(27(32)21-35-2)24-16-14-23(15-17-24)25-11-5-6-12-28(25)36-3;1-21-10-15-28(36-3)25(18-21)23-11-13-24(14-12-23)30-26-19-31(16-6-7-17-32(26)27(30)20-33)37(34,35)29-9-5-4-8-22(29)2;1-21-8-4-5-9-29(21)37(34,35)31-16-6-7-17-32-27(19-31)30(28(32)20-33)24-12-10-23(11-13-24)26-15-14-25(36-3)18-22(26)2;1-20-8-3-4-11-27(20)37(34,35)32-16-5-6-17-33-25(18-32)28(26(33)19-36-2)22-14-12-21(13-15-22)23-9-7-10-24(30)29(23)31/h4-7,10-17,26-27,30H,8-9,18-21H2,1-3H3;4-5,8-15,18,26-27,30,33H,6-7,16-17,19-20H2,1-3H3;4-5,8-15,18,27-28,30,33H,6-7,16-17,19-20H2,1-3H3;3-4,7-15,25-26,28H,5-6,16-19H2,1-2H3/t2*26-,27+,30-;27-,28+,30-;25-,26+,28-/m0000/s1. The molecular formula is C119H140F2N8O15S4. The molecule has 0 aliphatic carbocycles. The van der Waals surface area contributed by atoms with Gasteiger partial charge in [-0.25, -0.2) is 42.5 Å². The monoisotopic (exact) mass is 2090 g/mol. The quantitative estimate of drug-likeness (QED) is 0.0539. The number of aryl methyl sites for hydroxylation is 6. The zero-order chi connectivity index (χ0) is 104. The van der Waals surface area contributed by atoms with Crippen LogP contribution in [0.1, 0.15) is 131 Å². The number of aliphatic hydroxyl groups is 2. The molecule has 8 saturated heterocycles. The summed E-state index contributed by atoms with van der Waals surface area (Å²) in [5.41, 5.74) is 17.3. The van der Waals surface area contributed by atoms with Gasteiger partial charge in [-0.1, -0.05) is 218 Å². The minimum atomic E-state index is -3.64. The fraction of sp³-hybridized carbons (Fsp3) is 0.395. The molecule has 2 N–H and O–H groups in total. The highest BCUT2D eigenvalue weighted by molar-refractivity contribution is 7.90. The molecule has 148 heavy (non-hydrogen) atoms. The summed E-state index contributed by atoms with van der Waals surface area (Å²) in [6, 6.07) is 86.9. The maximum Gasteiger partial charge on any atom is 0.243 e. The van der Waals surface area contributed by atoms with Crippen LogP contribution in [0.3, 0.4) is 0 Å². The third kappa shape index (κ3) is 22.6. The Morgan fingerprint density at radius 1 is 0.291 bits per heavy atom. The topological polar surface area (TPSA) is 249 Å². The van der Waals surface area contributed by atoms with Crippen molar-refractivity contribution in [2.24, 2.45) is 0 Å². The SMILES string of the molecule is COC[C@@H]1[C@@H](c2ccc(-c3cccc(F)c3F)cc2)[C@@H]2CN(S(=O)(=O)c3ccccc3C)CCCCN12.COC[C@@H]1[C@@H](c2ccc(-c3ccccc3OC)cc2)[C@@H]2CN(S(=O)(=O)c3ccccc3C)CCCCN12.COc1ccc(-c2ccc([C@@H]3[C@@H](CO)N4CCCCN(S(=O)(=O)c5ccccc5C)C[C@@H]34)cc2)c(C)c1.COc1ccc(C)cc1-c1ccc([C@@H]2[C@@H](CO)N3CCCCN(S(=O)(=O)c4ccccc4C)C[C@@H]23)cc1. The molecule has 8 fully saturated rings. The average Bonchev–Trinajstić information content (AvgIpc) is 0.747. The van der Waals surface area contributed by atoms with E-state index >= 15 is 0 Å². The number of rotatable bonds is 25. The molecule has 12 aromatic carbocycles. The Morgan fingerprint density at radius 2 is 0.595 bits per heavy atom. The van der Waals surface area contributed by atoms with Gasteiger partial charge in [0.25, 0.3) is 0 Å². The zero-order valence-corrected chi connectivity index (χ0v) is 89.8. The molecule has 784 valence electrons. The van der Waals surface area contributed by atoms with Gasteiger partial charge in [-0.3, -0.25) is 19.6 Å². The summed E-state index contributed by atoms with van der Waals surface area (Å²) >= 11 is 0. The third-order valence-electron chi connectivity index (χ3n) is 31.8. The Kier molecular flexibility index (Phi) is 35.0. The lowest BCUT2D eigenvalue weighted by molar-refractivity contribution is -0.0635. The van der Waals surface area contributed by atoms with E-state index in [0.717, 1.165) is 179 Å². The lowest BCUT2D eigenvalue weighted by Crippen LogP contribution is -2.68. The molecule has 12 atom stereocenters. The molecule has 20 rings (SSSR count). The van der Waals surface area contributed by atoms with E-state index in [1.165, 1.54) is 17.2 Å². The van der Waals surface area contributed by atoms with Crippen molar-refractivity contribution in [3.05, 3.63) is 340 Å². The summed E-state index contributed by atoms with van der Waals surface area (Å²) in [7, 11) is -5.96. The Hall–Kier alpha value is -10.8. The number of methoxy groups -OCH3 is 5. The van der Waals surface area contributed by atoms with Crippen LogP contribution >= 0.6 is 0 Å². The first-order chi connectivity index (χ1) is 71.5. The molecule has 29 heteroatoms. The molecule has 0 spiro atoms. The minimum absolute atomic E-state index is 0.000289. The van der Waals surface area contributed by atoms with Crippen LogP contribution in [0, 0.1) is 53.2 Å². The molecule has 0 bridgehead atoms. The summed E-state index contributed by atoms with van der Waals surface area (Å²) in [5.74, 6) is 1.17. The molecule has 0 unspecified atom stereocenters. The number of ether oxygens (including phenoxy) is 5. The van der Waals surface area contributed by atoms with Gasteiger partial charge in [0.05, 0.1) is 67.3 Å². The molecule has 0 amide bonds. The summed E-state index contributed by atoms with van der Waals surface area (Å²) in [4.78, 5) is 11.0. The van der Waals surface area contributed by atoms with E-state index in [0.29, 0.717) is 90.7 Å². The predicted molar refractivity (Wildman–Crippen MR) is 579 cm³/mol. The fourth-order valence-corrected chi connectivity index (χ4v) is 30.9. The van der Waals surface area contributed by atoms with Crippen LogP contribution in [0.15, 0.2) is 293 Å². The fourth-order valence-electron chi connectivity index (χ4n) is 24.0. The van der Waals surface area contributed by atoms with E-state index in [1.807, 2.05) is 143 Å². The van der Waals surface area contributed by atoms with Crippen LogP contribution < -0.4 is 14.2 Å². The van der Waals surface area contributed by atoms with Crippen molar-refractivity contribution in [3.8, 4) is 61.8 Å². The largest absolute Gasteiger partial charge is 0.497 e. The normalized spacial score (nSPS) is 23.0. The van der Waals surface area contributed by atoms with Gasteiger partial charge in [0.2, 0.25) is 40.1 Å². The first kappa shape index (κ1) is 108. The second-order valence-electron chi connectivity index (χ2n) is 40.4. The summed E-state index contributed by atoms with van der Waals surface area (Å²) < 4.78 is 172. The highest BCUT2D eigenvalue weighted by atomic mass is 32.2. The van der Waals surface area contributed by atoms with Gasteiger partial charge < -0.3 is 33.9 Å². The van der Waals surface area contributed by atoms with Crippen molar-refractivity contribution >= 4 is 40.1 Å². The summed E-state index contributed by atoms with van der Waals surface area (Å²) in [6.45, 7) is 20.2. The number of fused-ring (bicyclic) bond motifs is 4. The van der Waals surface area contributed by atoms with Gasteiger partial charge in [0.15, 0.2) is 11.6 Å². The lowest BCUT2D eigenvalue weighted by atomic mass is 9.74. The Balaban J connectivity index is 0.000000135. The van der Waals surface area contributed by atoms with Gasteiger partial charge in [-0.05, 0) is 258 Å². The van der Waals surface area contributed by atoms with Gasteiger partial charge >= 0.3 is 0 Å². The number of nitrogens with zero attached hydrogens (tertiary/aromatic N) is 8. The van der Waals surface area contributed by atoms with E-state index in [4.69, 9.17) is 23.7 Å². The van der Waals surface area contributed by atoms with Gasteiger partial charge in [-0.2, -0.15) is 17.2 Å². The van der Waals surface area contributed by atoms with Crippen LogP contribution in [0.4, 0.5) is 8.78 Å². The minimum Gasteiger partial charge on any atom is -0.497 e. The number of hydrogen-bond acceptors (Lipinski definition) is 19. The van der Waals surface area contributed by atoms with Crippen LogP contribution in [-0.4, -0.2) is 270 Å². The smallest absolute Gasteiger partial charge is 0.243 e. The highest BCUT2D eigenvalue weighted by Crippen LogP contribution is 2.50. The molecule has 8 aliphatic rings. The Labute approximate surface area is 874 Å². The van der Waals surface area contributed by atoms with Gasteiger partial charge in [0.1, 0.15) is 17.2 Å². The van der Waals surface area contributed by atoms with Crippen molar-refractivity contribution in [2.45, 2.75) is 184 Å². The maximum atomic E-state index is 14.4. The second kappa shape index (κ2) is 47.8. The van der Waals surface area contributed by atoms with Crippen LogP contribution in [0.5, 0.6) is 17.2 Å².